The van der Waals surface area contributed by atoms with Crippen LogP contribution >= 0.6 is 0 Å². The Bertz CT molecular complexity index is 3040. The van der Waals surface area contributed by atoms with Gasteiger partial charge in [0.1, 0.15) is 11.2 Å². The van der Waals surface area contributed by atoms with Crippen LogP contribution in [0.3, 0.4) is 0 Å². The summed E-state index contributed by atoms with van der Waals surface area (Å²) in [6, 6.07) is 78.1. The van der Waals surface area contributed by atoms with Crippen molar-refractivity contribution in [2.75, 3.05) is 9.80 Å². The highest BCUT2D eigenvalue weighted by Gasteiger charge is 2.30. The third-order valence-corrected chi connectivity index (χ3v) is 11.2. The smallest absolute Gasteiger partial charge is 0.143 e. The van der Waals surface area contributed by atoms with Gasteiger partial charge in [0, 0.05) is 27.7 Å². The largest absolute Gasteiger partial charge is 0.455 e. The number of hydrogen-bond acceptors (Lipinski definition) is 3. The van der Waals surface area contributed by atoms with Crippen LogP contribution in [0.25, 0.3) is 66.4 Å². The van der Waals surface area contributed by atoms with Gasteiger partial charge in [-0.1, -0.05) is 164 Å². The Kier molecular flexibility index (Phi) is 7.82. The number of furan rings is 1. The summed E-state index contributed by atoms with van der Waals surface area (Å²) in [5.41, 5.74) is 17.9. The molecule has 0 atom stereocenters. The van der Waals surface area contributed by atoms with Gasteiger partial charge in [-0.05, 0) is 93.5 Å². The van der Waals surface area contributed by atoms with Gasteiger partial charge in [-0.25, -0.2) is 0 Å². The Morgan fingerprint density at radius 1 is 0.281 bits per heavy atom. The first-order valence-electron chi connectivity index (χ1n) is 19.4. The number of nitrogens with zero attached hydrogens (tertiary/aromatic N) is 2. The first-order valence-corrected chi connectivity index (χ1v) is 19.4. The van der Waals surface area contributed by atoms with Gasteiger partial charge < -0.3 is 14.2 Å². The predicted molar refractivity (Wildman–Crippen MR) is 238 cm³/mol. The molecule has 11 rings (SSSR count). The van der Waals surface area contributed by atoms with E-state index in [-0.39, 0.29) is 0 Å². The maximum Gasteiger partial charge on any atom is 0.143 e. The number of para-hydroxylation sites is 5. The Morgan fingerprint density at radius 3 is 1.42 bits per heavy atom. The molecule has 2 heterocycles. The van der Waals surface area contributed by atoms with E-state index in [1.54, 1.807) is 0 Å². The zero-order valence-electron chi connectivity index (χ0n) is 31.1. The van der Waals surface area contributed by atoms with E-state index in [0.717, 1.165) is 72.8 Å². The van der Waals surface area contributed by atoms with Crippen molar-refractivity contribution in [3.05, 3.63) is 218 Å². The predicted octanol–water partition coefficient (Wildman–Crippen LogP) is 15.5. The normalized spacial score (nSPS) is 12.1. The summed E-state index contributed by atoms with van der Waals surface area (Å²) in [6.07, 6.45) is 0. The fourth-order valence-electron chi connectivity index (χ4n) is 8.41. The molecular weight excluding hydrogens is 693 g/mol. The summed E-state index contributed by atoms with van der Waals surface area (Å²) in [7, 11) is 0. The van der Waals surface area contributed by atoms with E-state index in [4.69, 9.17) is 4.42 Å². The molecule has 9 aromatic carbocycles. The van der Waals surface area contributed by atoms with Crippen molar-refractivity contribution in [1.82, 2.24) is 0 Å². The minimum Gasteiger partial charge on any atom is -0.455 e. The molecule has 3 heteroatoms. The third-order valence-electron chi connectivity index (χ3n) is 11.2. The molecule has 3 nitrogen and oxygen atoms in total. The zero-order valence-corrected chi connectivity index (χ0v) is 31.1. The maximum absolute atomic E-state index is 6.35. The summed E-state index contributed by atoms with van der Waals surface area (Å²) in [5.74, 6) is 0. The monoisotopic (exact) mass is 728 g/mol. The molecule has 1 aliphatic heterocycles. The van der Waals surface area contributed by atoms with Crippen molar-refractivity contribution in [3.8, 4) is 44.5 Å². The van der Waals surface area contributed by atoms with Crippen LogP contribution in [0.1, 0.15) is 0 Å². The second-order valence-corrected chi connectivity index (χ2v) is 14.5. The molecule has 0 fully saturated rings. The van der Waals surface area contributed by atoms with E-state index >= 15 is 0 Å². The lowest BCUT2D eigenvalue weighted by Gasteiger charge is -2.40. The zero-order chi connectivity index (χ0) is 37.7. The van der Waals surface area contributed by atoms with Crippen LogP contribution in [0.5, 0.6) is 0 Å². The van der Waals surface area contributed by atoms with Crippen molar-refractivity contribution in [1.29, 1.82) is 0 Å². The lowest BCUT2D eigenvalue weighted by atomic mass is 9.97. The summed E-state index contributed by atoms with van der Waals surface area (Å²) >= 11 is 0. The van der Waals surface area contributed by atoms with Gasteiger partial charge in [0.05, 0.1) is 22.7 Å². The highest BCUT2D eigenvalue weighted by molar-refractivity contribution is 6.09. The number of anilines is 6. The average Bonchev–Trinajstić information content (AvgIpc) is 3.68. The maximum atomic E-state index is 6.35. The Morgan fingerprint density at radius 2 is 0.737 bits per heavy atom. The minimum atomic E-state index is 0.914. The van der Waals surface area contributed by atoms with Crippen LogP contribution in [0.15, 0.2) is 223 Å². The highest BCUT2D eigenvalue weighted by atomic mass is 16.3. The Balaban J connectivity index is 0.958. The molecule has 1 aromatic heterocycles. The molecule has 0 radical (unpaired) electrons. The van der Waals surface area contributed by atoms with Crippen molar-refractivity contribution in [2.45, 2.75) is 0 Å². The van der Waals surface area contributed by atoms with Gasteiger partial charge >= 0.3 is 0 Å². The summed E-state index contributed by atoms with van der Waals surface area (Å²) in [5, 5.41) is 2.29. The molecule has 268 valence electrons. The summed E-state index contributed by atoms with van der Waals surface area (Å²) < 4.78 is 6.35. The molecule has 1 aliphatic rings. The van der Waals surface area contributed by atoms with E-state index < -0.39 is 0 Å². The van der Waals surface area contributed by atoms with E-state index in [9.17, 15) is 0 Å². The third kappa shape index (κ3) is 5.68. The summed E-state index contributed by atoms with van der Waals surface area (Å²) in [4.78, 5) is 4.79. The van der Waals surface area contributed by atoms with Crippen molar-refractivity contribution in [2.24, 2.45) is 0 Å². The lowest BCUT2D eigenvalue weighted by Crippen LogP contribution is -2.24. The molecule has 0 saturated carbocycles. The molecule has 0 bridgehead atoms. The van der Waals surface area contributed by atoms with Gasteiger partial charge in [0.25, 0.3) is 0 Å². The number of benzene rings is 9. The second-order valence-electron chi connectivity index (χ2n) is 14.5. The number of fused-ring (bicyclic) bond motifs is 5. The fraction of sp³-hybridized carbons (Fsp3) is 0. The molecule has 0 aliphatic carbocycles. The summed E-state index contributed by atoms with van der Waals surface area (Å²) in [6.45, 7) is 0. The standard InChI is InChI=1S/C54H36N2O/c1-3-12-37(13-4-1)38-22-24-41(25-23-38)43-32-35-51-52(36-43)56(44-14-5-2-6-15-44)50-20-9-8-19-49(50)55(51)45-33-30-40(31-34-45)39-26-28-42(29-27-39)46-17-11-18-48-47-16-7-10-21-53(47)57-54(46)48/h1-36H. The van der Waals surface area contributed by atoms with Crippen molar-refractivity contribution in [3.63, 3.8) is 0 Å². The molecule has 0 amide bonds. The van der Waals surface area contributed by atoms with Crippen LogP contribution in [0.4, 0.5) is 34.1 Å². The van der Waals surface area contributed by atoms with Crippen molar-refractivity contribution < 1.29 is 4.42 Å². The van der Waals surface area contributed by atoms with Crippen LogP contribution < -0.4 is 9.80 Å². The van der Waals surface area contributed by atoms with E-state index in [2.05, 4.69) is 216 Å². The van der Waals surface area contributed by atoms with Crippen LogP contribution in [0.2, 0.25) is 0 Å². The lowest BCUT2D eigenvalue weighted by molar-refractivity contribution is 0.670. The van der Waals surface area contributed by atoms with Gasteiger partial charge in [0.2, 0.25) is 0 Å². The molecule has 0 N–H and O–H groups in total. The van der Waals surface area contributed by atoms with Gasteiger partial charge in [-0.3, -0.25) is 0 Å². The molecule has 0 saturated heterocycles. The van der Waals surface area contributed by atoms with Crippen LogP contribution in [-0.4, -0.2) is 0 Å². The van der Waals surface area contributed by atoms with Crippen LogP contribution in [-0.2, 0) is 0 Å². The van der Waals surface area contributed by atoms with E-state index in [1.165, 1.54) is 27.8 Å². The topological polar surface area (TPSA) is 19.6 Å². The first-order chi connectivity index (χ1) is 28.3. The average molecular weight is 729 g/mol. The Hall–Kier alpha value is -7.62. The molecule has 10 aromatic rings. The highest BCUT2D eigenvalue weighted by Crippen LogP contribution is 2.55. The van der Waals surface area contributed by atoms with Crippen molar-refractivity contribution >= 4 is 56.1 Å². The fourth-order valence-corrected chi connectivity index (χ4v) is 8.41. The van der Waals surface area contributed by atoms with E-state index in [0.29, 0.717) is 0 Å². The van der Waals surface area contributed by atoms with Gasteiger partial charge in [-0.15, -0.1) is 0 Å². The van der Waals surface area contributed by atoms with Crippen LogP contribution in [0, 0.1) is 0 Å². The minimum absolute atomic E-state index is 0.914. The second kappa shape index (κ2) is 13.6. The molecule has 57 heavy (non-hydrogen) atoms. The Labute approximate surface area is 332 Å². The number of hydrogen-bond donors (Lipinski definition) is 0. The quantitative estimate of drug-likeness (QED) is 0.170. The molecular formula is C54H36N2O. The molecule has 0 unspecified atom stereocenters. The van der Waals surface area contributed by atoms with E-state index in [1.807, 2.05) is 12.1 Å². The number of rotatable bonds is 6. The van der Waals surface area contributed by atoms with Gasteiger partial charge in [0.15, 0.2) is 0 Å². The first kappa shape index (κ1) is 32.8. The molecule has 0 spiro atoms. The van der Waals surface area contributed by atoms with Gasteiger partial charge in [-0.2, -0.15) is 0 Å². The SMILES string of the molecule is c1ccc(-c2ccc(-c3ccc4c(c3)N(c3ccccc3)c3ccccc3N4c3ccc(-c4ccc(-c5cccc6c5oc5ccccc56)cc4)cc3)cc2)cc1.